The van der Waals surface area contributed by atoms with E-state index in [-0.39, 0.29) is 19.7 Å². The molecule has 3 N–H and O–H groups in total. The van der Waals surface area contributed by atoms with Gasteiger partial charge in [-0.25, -0.2) is 15.0 Å². The number of hydrogen-bond acceptors (Lipinski definition) is 6. The van der Waals surface area contributed by atoms with Crippen LogP contribution in [0.15, 0.2) is 0 Å². The van der Waals surface area contributed by atoms with Gasteiger partial charge in [0, 0.05) is 13.7 Å². The molecule has 7 nitrogen and oxygen atoms in total. The maximum Gasteiger partial charge on any atom is 0.415 e. The standard InChI is InChI=1S/C7H14N2O5/c1-13-4-2-8-7(11,12)9-3-5-14-6(9)10/h8,11-12H,2-5H2,1H3. The van der Waals surface area contributed by atoms with Crippen molar-refractivity contribution in [1.82, 2.24) is 10.2 Å². The fourth-order valence-corrected chi connectivity index (χ4v) is 1.09. The summed E-state index contributed by atoms with van der Waals surface area (Å²) in [6, 6.07) is -2.37. The zero-order chi connectivity index (χ0) is 10.6. The number of rotatable bonds is 5. The first-order valence-electron chi connectivity index (χ1n) is 4.21. The summed E-state index contributed by atoms with van der Waals surface area (Å²) in [5, 5.41) is 21.2. The van der Waals surface area contributed by atoms with Gasteiger partial charge in [-0.15, -0.1) is 0 Å². The molecular weight excluding hydrogens is 192 g/mol. The van der Waals surface area contributed by atoms with Crippen LogP contribution in [0, 0.1) is 0 Å². The van der Waals surface area contributed by atoms with Crippen LogP contribution in [0.3, 0.4) is 0 Å². The summed E-state index contributed by atoms with van der Waals surface area (Å²) in [5.41, 5.74) is 0. The molecule has 0 bridgehead atoms. The van der Waals surface area contributed by atoms with Gasteiger partial charge in [-0.3, -0.25) is 0 Å². The maximum atomic E-state index is 11.0. The Bertz CT molecular complexity index is 208. The molecule has 0 aromatic carbocycles. The van der Waals surface area contributed by atoms with Crippen molar-refractivity contribution in [3.05, 3.63) is 0 Å². The molecule has 0 spiro atoms. The predicted molar refractivity (Wildman–Crippen MR) is 45.1 cm³/mol. The van der Waals surface area contributed by atoms with Crippen LogP contribution in [0.5, 0.6) is 0 Å². The Balaban J connectivity index is 2.42. The van der Waals surface area contributed by atoms with Crippen molar-refractivity contribution >= 4 is 6.09 Å². The van der Waals surface area contributed by atoms with E-state index in [4.69, 9.17) is 4.74 Å². The summed E-state index contributed by atoms with van der Waals surface area (Å²) in [7, 11) is 1.49. The van der Waals surface area contributed by atoms with Crippen molar-refractivity contribution in [3.8, 4) is 0 Å². The Kier molecular flexibility index (Phi) is 3.64. The molecule has 0 atom stereocenters. The molecule has 14 heavy (non-hydrogen) atoms. The van der Waals surface area contributed by atoms with Gasteiger partial charge in [-0.05, 0) is 0 Å². The molecule has 1 aliphatic heterocycles. The number of aliphatic hydroxyl groups is 2. The largest absolute Gasteiger partial charge is 0.447 e. The van der Waals surface area contributed by atoms with Gasteiger partial charge in [0.25, 0.3) is 0 Å². The molecule has 82 valence electrons. The van der Waals surface area contributed by atoms with Crippen LogP contribution in [0.25, 0.3) is 0 Å². The average molecular weight is 206 g/mol. The van der Waals surface area contributed by atoms with E-state index in [9.17, 15) is 15.0 Å². The van der Waals surface area contributed by atoms with Crippen molar-refractivity contribution in [2.24, 2.45) is 0 Å². The first kappa shape index (κ1) is 11.2. The SMILES string of the molecule is COCCNC(O)(O)N1CCOC1=O. The molecule has 1 saturated heterocycles. The van der Waals surface area contributed by atoms with Gasteiger partial charge >= 0.3 is 12.1 Å². The summed E-state index contributed by atoms with van der Waals surface area (Å²) < 4.78 is 9.26. The van der Waals surface area contributed by atoms with Crippen LogP contribution < -0.4 is 5.32 Å². The second-order valence-corrected chi connectivity index (χ2v) is 2.82. The van der Waals surface area contributed by atoms with Crippen molar-refractivity contribution in [2.75, 3.05) is 33.4 Å². The third-order valence-electron chi connectivity index (χ3n) is 1.81. The Morgan fingerprint density at radius 3 is 2.93 bits per heavy atom. The minimum atomic E-state index is -2.37. The van der Waals surface area contributed by atoms with Crippen LogP contribution in [0.1, 0.15) is 0 Å². The van der Waals surface area contributed by atoms with Crippen LogP contribution in [-0.4, -0.2) is 60.7 Å². The fourth-order valence-electron chi connectivity index (χ4n) is 1.09. The quantitative estimate of drug-likeness (QED) is 0.366. The topological polar surface area (TPSA) is 91.3 Å². The van der Waals surface area contributed by atoms with E-state index in [1.54, 1.807) is 0 Å². The number of nitrogens with one attached hydrogen (secondary N) is 1. The molecule has 1 amide bonds. The van der Waals surface area contributed by atoms with Crippen molar-refractivity contribution in [3.63, 3.8) is 0 Å². The Labute approximate surface area is 81.2 Å². The molecule has 0 saturated carbocycles. The third kappa shape index (κ3) is 2.55. The number of carbonyl (C=O) groups excluding carboxylic acids is 1. The number of methoxy groups -OCH3 is 1. The number of carbonyl (C=O) groups is 1. The fraction of sp³-hybridized carbons (Fsp3) is 0.857. The van der Waals surface area contributed by atoms with E-state index in [1.807, 2.05) is 0 Å². The average Bonchev–Trinajstić information content (AvgIpc) is 2.52. The second kappa shape index (κ2) is 4.56. The summed E-state index contributed by atoms with van der Waals surface area (Å²) >= 11 is 0. The number of amides is 1. The van der Waals surface area contributed by atoms with Crippen molar-refractivity contribution in [1.29, 1.82) is 0 Å². The normalized spacial score (nSPS) is 17.4. The molecule has 1 aliphatic rings. The lowest BCUT2D eigenvalue weighted by atomic mass is 10.5. The van der Waals surface area contributed by atoms with Crippen LogP contribution in [0.4, 0.5) is 4.79 Å². The van der Waals surface area contributed by atoms with E-state index in [0.29, 0.717) is 6.61 Å². The van der Waals surface area contributed by atoms with Gasteiger partial charge in [0.15, 0.2) is 0 Å². The molecular formula is C7H14N2O5. The number of nitrogens with zero attached hydrogens (tertiary/aromatic N) is 1. The Hall–Kier alpha value is -0.890. The third-order valence-corrected chi connectivity index (χ3v) is 1.81. The van der Waals surface area contributed by atoms with Gasteiger partial charge in [-0.2, -0.15) is 0 Å². The summed E-state index contributed by atoms with van der Waals surface area (Å²) in [6.45, 7) is 0.832. The van der Waals surface area contributed by atoms with Crippen LogP contribution in [-0.2, 0) is 9.47 Å². The first-order valence-corrected chi connectivity index (χ1v) is 4.21. The molecule has 1 rings (SSSR count). The summed E-state index contributed by atoms with van der Waals surface area (Å²) in [4.78, 5) is 11.8. The van der Waals surface area contributed by atoms with Gasteiger partial charge < -0.3 is 19.7 Å². The maximum absolute atomic E-state index is 11.0. The molecule has 7 heteroatoms. The summed E-state index contributed by atoms with van der Waals surface area (Å²) in [5.74, 6) is 0. The molecule has 0 aromatic heterocycles. The van der Waals surface area contributed by atoms with Gasteiger partial charge in [0.05, 0.1) is 13.2 Å². The number of hydrogen-bond donors (Lipinski definition) is 3. The molecule has 0 radical (unpaired) electrons. The lowest BCUT2D eigenvalue weighted by Gasteiger charge is -2.29. The molecule has 0 aliphatic carbocycles. The lowest BCUT2D eigenvalue weighted by Crippen LogP contribution is -2.60. The van der Waals surface area contributed by atoms with E-state index < -0.39 is 12.1 Å². The Morgan fingerprint density at radius 2 is 2.43 bits per heavy atom. The molecule has 1 heterocycles. The highest BCUT2D eigenvalue weighted by Gasteiger charge is 2.39. The molecule has 0 aromatic rings. The number of ether oxygens (including phenoxy) is 2. The highest BCUT2D eigenvalue weighted by atomic mass is 16.6. The summed E-state index contributed by atoms with van der Waals surface area (Å²) in [6.07, 6.45) is -0.750. The second-order valence-electron chi connectivity index (χ2n) is 2.82. The van der Waals surface area contributed by atoms with E-state index in [0.717, 1.165) is 4.90 Å². The van der Waals surface area contributed by atoms with Crippen LogP contribution >= 0.6 is 0 Å². The van der Waals surface area contributed by atoms with Crippen LogP contribution in [0.2, 0.25) is 0 Å². The van der Waals surface area contributed by atoms with Crippen molar-refractivity contribution < 1.29 is 24.5 Å². The van der Waals surface area contributed by atoms with Gasteiger partial charge in [-0.1, -0.05) is 0 Å². The first-order chi connectivity index (χ1) is 6.58. The van der Waals surface area contributed by atoms with Gasteiger partial charge in [0.1, 0.15) is 6.61 Å². The van der Waals surface area contributed by atoms with Gasteiger partial charge in [0.2, 0.25) is 0 Å². The minimum absolute atomic E-state index is 0.145. The smallest absolute Gasteiger partial charge is 0.415 e. The highest BCUT2D eigenvalue weighted by molar-refractivity contribution is 5.69. The van der Waals surface area contributed by atoms with Crippen molar-refractivity contribution in [2.45, 2.75) is 6.03 Å². The van der Waals surface area contributed by atoms with E-state index in [1.165, 1.54) is 7.11 Å². The zero-order valence-electron chi connectivity index (χ0n) is 7.89. The predicted octanol–water partition coefficient (Wildman–Crippen LogP) is -1.73. The molecule has 0 unspecified atom stereocenters. The minimum Gasteiger partial charge on any atom is -0.447 e. The highest BCUT2D eigenvalue weighted by Crippen LogP contribution is 2.11. The van der Waals surface area contributed by atoms with E-state index in [2.05, 4.69) is 10.1 Å². The Morgan fingerprint density at radius 1 is 1.71 bits per heavy atom. The number of cyclic esters (lactones) is 1. The van der Waals surface area contributed by atoms with E-state index >= 15 is 0 Å². The zero-order valence-corrected chi connectivity index (χ0v) is 7.89. The lowest BCUT2D eigenvalue weighted by molar-refractivity contribution is -0.263. The molecule has 1 fully saturated rings. The monoisotopic (exact) mass is 206 g/mol.